The Morgan fingerprint density at radius 2 is 1.55 bits per heavy atom. The average Bonchev–Trinajstić information content (AvgIpc) is 3.22. The smallest absolute Gasteiger partial charge is 0.203 e. The largest absolute Gasteiger partial charge is 0.508 e. The predicted octanol–water partition coefficient (Wildman–Crippen LogP) is 5.11. The van der Waals surface area contributed by atoms with E-state index in [4.69, 9.17) is 18.9 Å². The van der Waals surface area contributed by atoms with E-state index in [2.05, 4.69) is 4.98 Å². The molecule has 1 heterocycles. The first-order chi connectivity index (χ1) is 15.9. The molecule has 0 aliphatic carbocycles. The van der Waals surface area contributed by atoms with Gasteiger partial charge in [0, 0.05) is 22.6 Å². The number of methoxy groups -OCH3 is 4. The SMILES string of the molecule is COc1ccc2c(C(=O)c3cc(OC)c(OC)c(OC)c3)c(-c3ccc(C)c(O)c3)[nH]c2c1. The average molecular weight is 447 g/mol. The van der Waals surface area contributed by atoms with Crippen LogP contribution in [0.4, 0.5) is 0 Å². The van der Waals surface area contributed by atoms with Crippen LogP contribution in [0.5, 0.6) is 28.7 Å². The molecule has 0 radical (unpaired) electrons. The number of hydrogen-bond donors (Lipinski definition) is 2. The molecule has 0 bridgehead atoms. The number of nitrogens with one attached hydrogen (secondary N) is 1. The number of aromatic nitrogens is 1. The quantitative estimate of drug-likeness (QED) is 0.383. The van der Waals surface area contributed by atoms with Crippen molar-refractivity contribution in [1.29, 1.82) is 0 Å². The molecule has 0 aliphatic rings. The van der Waals surface area contributed by atoms with E-state index in [-0.39, 0.29) is 11.5 Å². The van der Waals surface area contributed by atoms with Crippen molar-refractivity contribution in [3.63, 3.8) is 0 Å². The Labute approximate surface area is 191 Å². The number of ether oxygens (including phenoxy) is 4. The number of rotatable bonds is 7. The molecule has 0 saturated heterocycles. The minimum Gasteiger partial charge on any atom is -0.508 e. The zero-order chi connectivity index (χ0) is 23.7. The van der Waals surface area contributed by atoms with Crippen molar-refractivity contribution in [2.45, 2.75) is 6.92 Å². The van der Waals surface area contributed by atoms with Crippen molar-refractivity contribution in [1.82, 2.24) is 4.98 Å². The summed E-state index contributed by atoms with van der Waals surface area (Å²) in [6.45, 7) is 1.82. The highest BCUT2D eigenvalue weighted by Gasteiger charge is 2.24. The third-order valence-electron chi connectivity index (χ3n) is 5.66. The molecule has 7 nitrogen and oxygen atoms in total. The van der Waals surface area contributed by atoms with Crippen LogP contribution >= 0.6 is 0 Å². The van der Waals surface area contributed by atoms with Crippen LogP contribution in [0, 0.1) is 6.92 Å². The third-order valence-corrected chi connectivity index (χ3v) is 5.66. The first-order valence-electron chi connectivity index (χ1n) is 10.3. The monoisotopic (exact) mass is 447 g/mol. The summed E-state index contributed by atoms with van der Waals surface area (Å²) in [4.78, 5) is 17.2. The number of ketones is 1. The minimum atomic E-state index is -0.235. The number of fused-ring (bicyclic) bond motifs is 1. The van der Waals surface area contributed by atoms with E-state index in [1.165, 1.54) is 21.3 Å². The third kappa shape index (κ3) is 3.82. The molecule has 4 rings (SSSR count). The van der Waals surface area contributed by atoms with E-state index >= 15 is 0 Å². The summed E-state index contributed by atoms with van der Waals surface area (Å²) >= 11 is 0. The molecule has 0 fully saturated rings. The number of aromatic hydroxyl groups is 1. The van der Waals surface area contributed by atoms with E-state index in [0.29, 0.717) is 45.4 Å². The van der Waals surface area contributed by atoms with Gasteiger partial charge in [0.2, 0.25) is 5.75 Å². The molecule has 33 heavy (non-hydrogen) atoms. The lowest BCUT2D eigenvalue weighted by Crippen LogP contribution is -2.05. The number of phenolic OH excluding ortho intramolecular Hbond substituents is 1. The second-order valence-electron chi connectivity index (χ2n) is 7.53. The second-order valence-corrected chi connectivity index (χ2v) is 7.53. The van der Waals surface area contributed by atoms with Gasteiger partial charge in [-0.25, -0.2) is 0 Å². The zero-order valence-corrected chi connectivity index (χ0v) is 19.1. The number of hydrogen-bond acceptors (Lipinski definition) is 6. The number of carbonyl (C=O) groups is 1. The lowest BCUT2D eigenvalue weighted by atomic mass is 9.96. The lowest BCUT2D eigenvalue weighted by molar-refractivity contribution is 0.104. The van der Waals surface area contributed by atoms with Crippen molar-refractivity contribution in [3.05, 3.63) is 65.2 Å². The normalized spacial score (nSPS) is 10.8. The fraction of sp³-hybridized carbons (Fsp3) is 0.192. The van der Waals surface area contributed by atoms with Crippen molar-refractivity contribution in [3.8, 4) is 40.0 Å². The van der Waals surface area contributed by atoms with E-state index in [0.717, 1.165) is 16.5 Å². The number of carbonyl (C=O) groups excluding carboxylic acids is 1. The van der Waals surface area contributed by atoms with Crippen molar-refractivity contribution in [2.75, 3.05) is 28.4 Å². The predicted molar refractivity (Wildman–Crippen MR) is 126 cm³/mol. The first kappa shape index (κ1) is 22.1. The number of aryl methyl sites for hydroxylation is 1. The van der Waals surface area contributed by atoms with Crippen LogP contribution < -0.4 is 18.9 Å². The molecule has 0 aliphatic heterocycles. The minimum absolute atomic E-state index is 0.148. The van der Waals surface area contributed by atoms with E-state index in [1.54, 1.807) is 31.4 Å². The highest BCUT2D eigenvalue weighted by molar-refractivity contribution is 6.20. The molecule has 1 aromatic heterocycles. The van der Waals surface area contributed by atoms with Crippen LogP contribution in [-0.2, 0) is 0 Å². The van der Waals surface area contributed by atoms with E-state index in [1.807, 2.05) is 31.2 Å². The Morgan fingerprint density at radius 3 is 2.12 bits per heavy atom. The summed E-state index contributed by atoms with van der Waals surface area (Å²) in [6, 6.07) is 14.0. The highest BCUT2D eigenvalue weighted by Crippen LogP contribution is 2.41. The molecule has 2 N–H and O–H groups in total. The van der Waals surface area contributed by atoms with Gasteiger partial charge in [0.15, 0.2) is 17.3 Å². The number of phenols is 1. The Hall–Kier alpha value is -4.13. The van der Waals surface area contributed by atoms with Crippen LogP contribution in [-0.4, -0.2) is 44.3 Å². The molecule has 7 heteroatoms. The van der Waals surface area contributed by atoms with Gasteiger partial charge < -0.3 is 29.0 Å². The Bertz CT molecular complexity index is 1330. The van der Waals surface area contributed by atoms with Crippen molar-refractivity contribution < 1.29 is 28.8 Å². The maximum atomic E-state index is 13.9. The van der Waals surface area contributed by atoms with Crippen LogP contribution in [0.25, 0.3) is 22.2 Å². The number of H-pyrrole nitrogens is 1. The van der Waals surface area contributed by atoms with Gasteiger partial charge in [0.1, 0.15) is 11.5 Å². The van der Waals surface area contributed by atoms with Crippen LogP contribution in [0.15, 0.2) is 48.5 Å². The molecule has 0 saturated carbocycles. The number of aromatic amines is 1. The van der Waals surface area contributed by atoms with Gasteiger partial charge >= 0.3 is 0 Å². The molecular formula is C26H25NO6. The van der Waals surface area contributed by atoms with Crippen molar-refractivity contribution in [2.24, 2.45) is 0 Å². The summed E-state index contributed by atoms with van der Waals surface area (Å²) in [7, 11) is 6.11. The molecular weight excluding hydrogens is 422 g/mol. The topological polar surface area (TPSA) is 90.0 Å². The molecule has 0 amide bonds. The van der Waals surface area contributed by atoms with Crippen LogP contribution in [0.3, 0.4) is 0 Å². The summed E-state index contributed by atoms with van der Waals surface area (Å²) in [5.74, 6) is 1.75. The van der Waals surface area contributed by atoms with Gasteiger partial charge in [0.05, 0.1) is 45.2 Å². The molecule has 3 aromatic carbocycles. The lowest BCUT2D eigenvalue weighted by Gasteiger charge is -2.14. The van der Waals surface area contributed by atoms with Crippen LogP contribution in [0.1, 0.15) is 21.5 Å². The van der Waals surface area contributed by atoms with Crippen LogP contribution in [0.2, 0.25) is 0 Å². The van der Waals surface area contributed by atoms with Gasteiger partial charge in [-0.2, -0.15) is 0 Å². The maximum Gasteiger partial charge on any atom is 0.203 e. The zero-order valence-electron chi connectivity index (χ0n) is 19.1. The molecule has 4 aromatic rings. The van der Waals surface area contributed by atoms with Gasteiger partial charge in [-0.3, -0.25) is 4.79 Å². The van der Waals surface area contributed by atoms with E-state index < -0.39 is 0 Å². The molecule has 0 unspecified atom stereocenters. The fourth-order valence-electron chi connectivity index (χ4n) is 3.88. The van der Waals surface area contributed by atoms with Gasteiger partial charge in [-0.1, -0.05) is 12.1 Å². The summed E-state index contributed by atoms with van der Waals surface area (Å²) in [5, 5.41) is 11.0. The Kier molecular flexibility index (Phi) is 5.87. The van der Waals surface area contributed by atoms with Gasteiger partial charge in [0.25, 0.3) is 0 Å². The summed E-state index contributed by atoms with van der Waals surface area (Å²) in [6.07, 6.45) is 0. The standard InChI is InChI=1S/C26H25NO6/c1-14-6-7-15(10-20(14)28)24-23(18-9-8-17(30-2)13-19(18)27-24)25(29)16-11-21(31-3)26(33-5)22(12-16)32-4/h6-13,27-28H,1-5H3. The molecule has 0 spiro atoms. The molecule has 170 valence electrons. The maximum absolute atomic E-state index is 13.9. The Balaban J connectivity index is 1.97. The highest BCUT2D eigenvalue weighted by atomic mass is 16.5. The fourth-order valence-corrected chi connectivity index (χ4v) is 3.88. The van der Waals surface area contributed by atoms with Gasteiger partial charge in [-0.05, 0) is 42.8 Å². The molecule has 0 atom stereocenters. The Morgan fingerprint density at radius 1 is 0.848 bits per heavy atom. The van der Waals surface area contributed by atoms with Gasteiger partial charge in [-0.15, -0.1) is 0 Å². The van der Waals surface area contributed by atoms with E-state index in [9.17, 15) is 9.90 Å². The van der Waals surface area contributed by atoms with Crippen molar-refractivity contribution >= 4 is 16.7 Å². The number of benzene rings is 3. The summed E-state index contributed by atoms with van der Waals surface area (Å²) < 4.78 is 21.6. The second kappa shape index (κ2) is 8.78. The summed E-state index contributed by atoms with van der Waals surface area (Å²) in [5.41, 5.74) is 3.59. The first-order valence-corrected chi connectivity index (χ1v) is 10.3.